The van der Waals surface area contributed by atoms with Crippen molar-refractivity contribution in [3.05, 3.63) is 140 Å². The van der Waals surface area contributed by atoms with Crippen LogP contribution in [0.3, 0.4) is 0 Å². The van der Waals surface area contributed by atoms with Crippen molar-refractivity contribution in [2.24, 2.45) is 0 Å². The van der Waals surface area contributed by atoms with Gasteiger partial charge < -0.3 is 24.5 Å². The quantitative estimate of drug-likeness (QED) is 0.185. The molecule has 200 valence electrons. The third kappa shape index (κ3) is 5.08. The molecule has 6 aromatic rings. The Hall–Kier alpha value is -4.86. The Morgan fingerprint density at radius 3 is 2.07 bits per heavy atom. The number of nitrogens with zero attached hydrogens (tertiary/aromatic N) is 2. The van der Waals surface area contributed by atoms with E-state index in [1.807, 2.05) is 114 Å². The van der Waals surface area contributed by atoms with Gasteiger partial charge in [0.25, 0.3) is 0 Å². The Labute approximate surface area is 252 Å². The topological polar surface area (TPSA) is 54.8 Å². The van der Waals surface area contributed by atoms with E-state index in [9.17, 15) is 5.11 Å². The van der Waals surface area contributed by atoms with Crippen LogP contribution in [0.15, 0.2) is 128 Å². The van der Waals surface area contributed by atoms with Gasteiger partial charge in [0.15, 0.2) is 17.2 Å². The van der Waals surface area contributed by atoms with Crippen molar-refractivity contribution in [1.82, 2.24) is 4.98 Å². The number of phenols is 1. The molecule has 1 N–H and O–H groups in total. The number of para-hydroxylation sites is 5. The second-order valence-electron chi connectivity index (χ2n) is 9.22. The molecule has 0 saturated carbocycles. The van der Waals surface area contributed by atoms with Crippen LogP contribution < -0.4 is 14.4 Å². The van der Waals surface area contributed by atoms with Crippen LogP contribution in [0.1, 0.15) is 0 Å². The van der Waals surface area contributed by atoms with Crippen LogP contribution in [0.5, 0.6) is 28.7 Å². The van der Waals surface area contributed by atoms with Crippen LogP contribution in [0.25, 0.3) is 22.4 Å². The van der Waals surface area contributed by atoms with Crippen molar-refractivity contribution in [3.63, 3.8) is 0 Å². The summed E-state index contributed by atoms with van der Waals surface area (Å²) in [5.41, 5.74) is 5.22. The molecule has 5 nitrogen and oxygen atoms in total. The fourth-order valence-corrected chi connectivity index (χ4v) is 4.79. The number of phenolic OH excluding ortho intramolecular Hbond substituents is 1. The number of aromatic nitrogens is 1. The van der Waals surface area contributed by atoms with E-state index < -0.39 is 0 Å². The summed E-state index contributed by atoms with van der Waals surface area (Å²) in [4.78, 5) is 6.57. The number of hydrogen-bond donors (Lipinski definition) is 1. The second kappa shape index (κ2) is 11.3. The van der Waals surface area contributed by atoms with E-state index in [1.54, 1.807) is 18.3 Å². The second-order valence-corrected chi connectivity index (χ2v) is 9.22. The Morgan fingerprint density at radius 2 is 1.29 bits per heavy atom. The van der Waals surface area contributed by atoms with Crippen LogP contribution >= 0.6 is 0 Å². The Bertz CT molecular complexity index is 1840. The first kappa shape index (κ1) is 26.4. The molecule has 1 aliphatic rings. The molecule has 0 saturated heterocycles. The molecule has 0 unspecified atom stereocenters. The van der Waals surface area contributed by atoms with Crippen molar-refractivity contribution >= 4 is 17.1 Å². The minimum absolute atomic E-state index is 0. The summed E-state index contributed by atoms with van der Waals surface area (Å²) < 4.78 is 12.9. The summed E-state index contributed by atoms with van der Waals surface area (Å²) in [6.07, 6.45) is 1.77. The first-order valence-electron chi connectivity index (χ1n) is 12.9. The van der Waals surface area contributed by atoms with Crippen LogP contribution in [0, 0.1) is 12.1 Å². The molecular formula is C35H22N2O3Pt. The number of benzene rings is 5. The third-order valence-corrected chi connectivity index (χ3v) is 6.66. The van der Waals surface area contributed by atoms with Crippen molar-refractivity contribution < 1.29 is 35.6 Å². The van der Waals surface area contributed by atoms with Gasteiger partial charge in [-0.1, -0.05) is 60.2 Å². The normalized spacial score (nSPS) is 11.7. The summed E-state index contributed by atoms with van der Waals surface area (Å²) in [5, 5.41) is 10.6. The first-order chi connectivity index (χ1) is 19.7. The van der Waals surface area contributed by atoms with Crippen molar-refractivity contribution in [2.75, 3.05) is 4.90 Å². The van der Waals surface area contributed by atoms with Crippen LogP contribution in [0.4, 0.5) is 17.1 Å². The molecule has 0 bridgehead atoms. The maximum Gasteiger partial charge on any atom is 2.00 e. The summed E-state index contributed by atoms with van der Waals surface area (Å²) in [6.45, 7) is 0. The van der Waals surface area contributed by atoms with Gasteiger partial charge in [-0.05, 0) is 47.8 Å². The molecule has 0 amide bonds. The number of anilines is 3. The number of ether oxygens (including phenoxy) is 2. The van der Waals surface area contributed by atoms with Crippen molar-refractivity contribution in [1.29, 1.82) is 0 Å². The van der Waals surface area contributed by atoms with Crippen molar-refractivity contribution in [2.45, 2.75) is 0 Å². The fourth-order valence-electron chi connectivity index (χ4n) is 4.79. The monoisotopic (exact) mass is 713 g/mol. The Balaban J connectivity index is 0.00000302. The molecule has 0 fully saturated rings. The summed E-state index contributed by atoms with van der Waals surface area (Å²) >= 11 is 0. The van der Waals surface area contributed by atoms with Gasteiger partial charge in [-0.25, -0.2) is 0 Å². The van der Waals surface area contributed by atoms with Gasteiger partial charge in [0, 0.05) is 11.9 Å². The summed E-state index contributed by atoms with van der Waals surface area (Å²) in [5.74, 6) is 2.61. The molecule has 5 aromatic carbocycles. The van der Waals surface area contributed by atoms with Crippen molar-refractivity contribution in [3.8, 4) is 51.1 Å². The van der Waals surface area contributed by atoms with Gasteiger partial charge in [0.05, 0.1) is 17.2 Å². The largest absolute Gasteiger partial charge is 2.00 e. The van der Waals surface area contributed by atoms with E-state index in [2.05, 4.69) is 17.1 Å². The minimum Gasteiger partial charge on any atom is -0.517 e. The van der Waals surface area contributed by atoms with E-state index in [1.165, 1.54) is 0 Å². The molecule has 1 aliphatic heterocycles. The van der Waals surface area contributed by atoms with Gasteiger partial charge in [0.1, 0.15) is 0 Å². The molecule has 7 rings (SSSR count). The van der Waals surface area contributed by atoms with E-state index in [0.717, 1.165) is 28.2 Å². The molecule has 6 heteroatoms. The zero-order valence-corrected chi connectivity index (χ0v) is 23.9. The predicted molar refractivity (Wildman–Crippen MR) is 156 cm³/mol. The standard InChI is InChI=1S/C35H22N2O3.Pt/c38-31-15-3-1-12-27(31)24-10-9-11-26(22-24)37-29-14-2-4-16-32(29)39-34-17-5-6-18-35(34)40-33-20-19-25(23-30(33)37)28-13-7-8-21-36-28;/h1-21,38H;/q-2;+2. The van der Waals surface area contributed by atoms with Gasteiger partial charge >= 0.3 is 21.1 Å². The zero-order chi connectivity index (χ0) is 26.9. The number of fused-ring (bicyclic) bond motifs is 3. The van der Waals surface area contributed by atoms with Gasteiger partial charge in [-0.2, -0.15) is 0 Å². The average Bonchev–Trinajstić information content (AvgIpc) is 3.06. The molecule has 1 aromatic heterocycles. The minimum atomic E-state index is 0. The molecule has 0 spiro atoms. The smallest absolute Gasteiger partial charge is 0.517 e. The van der Waals surface area contributed by atoms with E-state index in [4.69, 9.17) is 9.47 Å². The number of rotatable bonds is 3. The van der Waals surface area contributed by atoms with E-state index in [-0.39, 0.29) is 26.8 Å². The maximum atomic E-state index is 10.6. The molecule has 2 heterocycles. The third-order valence-electron chi connectivity index (χ3n) is 6.66. The fraction of sp³-hybridized carbons (Fsp3) is 0. The molecular weight excluding hydrogens is 691 g/mol. The SMILES string of the molecule is Oc1ccccc1-c1[c-]c(N2c3[c-]c(-c4ccccn4)ccc3Oc3ccccc3Oc3ccccc32)ccc1.[Pt+2]. The molecule has 0 atom stereocenters. The maximum absolute atomic E-state index is 10.6. The van der Waals surface area contributed by atoms with Gasteiger partial charge in [-0.3, -0.25) is 0 Å². The summed E-state index contributed by atoms with van der Waals surface area (Å²) in [6, 6.07) is 45.3. The summed E-state index contributed by atoms with van der Waals surface area (Å²) in [7, 11) is 0. The Morgan fingerprint density at radius 1 is 0.585 bits per heavy atom. The average molecular weight is 714 g/mol. The van der Waals surface area contributed by atoms with E-state index >= 15 is 0 Å². The van der Waals surface area contributed by atoms with Gasteiger partial charge in [0.2, 0.25) is 0 Å². The number of aromatic hydroxyl groups is 1. The Kier molecular flexibility index (Phi) is 7.28. The van der Waals surface area contributed by atoms with Gasteiger partial charge in [-0.15, -0.1) is 53.6 Å². The predicted octanol–water partition coefficient (Wildman–Crippen LogP) is 9.09. The van der Waals surface area contributed by atoms with Crippen LogP contribution in [-0.4, -0.2) is 10.1 Å². The van der Waals surface area contributed by atoms with Crippen LogP contribution in [-0.2, 0) is 21.1 Å². The molecule has 41 heavy (non-hydrogen) atoms. The van der Waals surface area contributed by atoms with E-state index in [0.29, 0.717) is 34.2 Å². The number of pyridine rings is 1. The number of hydrogen-bond acceptors (Lipinski definition) is 5. The molecule has 0 radical (unpaired) electrons. The molecule has 0 aliphatic carbocycles. The first-order valence-corrected chi connectivity index (χ1v) is 12.9. The zero-order valence-electron chi connectivity index (χ0n) is 21.6. The van der Waals surface area contributed by atoms with Crippen LogP contribution in [0.2, 0.25) is 0 Å².